The summed E-state index contributed by atoms with van der Waals surface area (Å²) in [5.41, 5.74) is 2.15. The minimum atomic E-state index is -0.200. The Bertz CT molecular complexity index is 1300. The zero-order chi connectivity index (χ0) is 26.6. The number of nitrogens with zero attached hydrogens (tertiary/aromatic N) is 4. The van der Waals surface area contributed by atoms with Gasteiger partial charge in [-0.1, -0.05) is 6.07 Å². The first-order chi connectivity index (χ1) is 18.5. The van der Waals surface area contributed by atoms with Crippen molar-refractivity contribution < 1.29 is 19.1 Å². The van der Waals surface area contributed by atoms with Crippen molar-refractivity contribution in [2.75, 3.05) is 43.5 Å². The molecule has 5 rings (SSSR count). The molecule has 0 radical (unpaired) electrons. The number of ether oxygens (including phenoxy) is 1. The zero-order valence-corrected chi connectivity index (χ0v) is 22.1. The topological polar surface area (TPSA) is 96.8 Å². The van der Waals surface area contributed by atoms with Crippen molar-refractivity contribution in [3.05, 3.63) is 48.3 Å². The van der Waals surface area contributed by atoms with E-state index in [9.17, 15) is 14.4 Å². The third kappa shape index (κ3) is 5.10. The predicted molar refractivity (Wildman–Crippen MR) is 147 cm³/mol. The fourth-order valence-electron chi connectivity index (χ4n) is 5.72. The van der Waals surface area contributed by atoms with Crippen LogP contribution in [0, 0.1) is 11.8 Å². The number of aromatic nitrogens is 2. The van der Waals surface area contributed by atoms with Crippen molar-refractivity contribution in [2.45, 2.75) is 39.2 Å². The highest BCUT2D eigenvalue weighted by atomic mass is 16.5. The monoisotopic (exact) mass is 517 g/mol. The van der Waals surface area contributed by atoms with Gasteiger partial charge in [0.05, 0.1) is 24.5 Å². The van der Waals surface area contributed by atoms with Crippen molar-refractivity contribution in [3.63, 3.8) is 0 Å². The van der Waals surface area contributed by atoms with Gasteiger partial charge in [-0.2, -0.15) is 0 Å². The van der Waals surface area contributed by atoms with E-state index in [0.717, 1.165) is 54.4 Å². The molecule has 0 atom stereocenters. The minimum absolute atomic E-state index is 0.0475. The first kappa shape index (κ1) is 25.8. The Kier molecular flexibility index (Phi) is 7.62. The molecule has 1 aliphatic heterocycles. The number of hydrogen-bond acceptors (Lipinski definition) is 6. The highest BCUT2D eigenvalue weighted by Crippen LogP contribution is 2.31. The van der Waals surface area contributed by atoms with Crippen molar-refractivity contribution in [1.29, 1.82) is 0 Å². The number of benzene rings is 1. The van der Waals surface area contributed by atoms with E-state index >= 15 is 0 Å². The number of amides is 2. The molecule has 1 aliphatic carbocycles. The smallest absolute Gasteiger partial charge is 0.272 e. The summed E-state index contributed by atoms with van der Waals surface area (Å²) in [5, 5.41) is 3.88. The SMILES string of the molecule is CCn1c(C(=O)Nc2ccc(N3CCN(C(=O)C4CCC(C=O)CC4)CC3)nc2)cc2c(OC)cccc21. The van der Waals surface area contributed by atoms with Crippen LogP contribution < -0.4 is 15.0 Å². The van der Waals surface area contributed by atoms with Crippen LogP contribution in [-0.2, 0) is 16.1 Å². The van der Waals surface area contributed by atoms with Gasteiger partial charge in [0.15, 0.2) is 0 Å². The Morgan fingerprint density at radius 1 is 1.08 bits per heavy atom. The van der Waals surface area contributed by atoms with Crippen molar-refractivity contribution in [2.24, 2.45) is 11.8 Å². The first-order valence-corrected chi connectivity index (χ1v) is 13.4. The maximum absolute atomic E-state index is 13.1. The molecule has 38 heavy (non-hydrogen) atoms. The Labute approximate surface area is 222 Å². The number of nitrogens with one attached hydrogen (secondary N) is 1. The summed E-state index contributed by atoms with van der Waals surface area (Å²) in [7, 11) is 1.63. The van der Waals surface area contributed by atoms with Crippen LogP contribution in [0.3, 0.4) is 0 Å². The quantitative estimate of drug-likeness (QED) is 0.477. The molecular formula is C29H35N5O4. The predicted octanol–water partition coefficient (Wildman–Crippen LogP) is 3.97. The molecule has 200 valence electrons. The summed E-state index contributed by atoms with van der Waals surface area (Å²) < 4.78 is 7.45. The highest BCUT2D eigenvalue weighted by molar-refractivity contribution is 6.07. The normalized spacial score (nSPS) is 19.8. The van der Waals surface area contributed by atoms with Gasteiger partial charge in [-0.25, -0.2) is 4.98 Å². The molecule has 0 spiro atoms. The molecule has 9 nitrogen and oxygen atoms in total. The Morgan fingerprint density at radius 3 is 2.47 bits per heavy atom. The summed E-state index contributed by atoms with van der Waals surface area (Å²) in [6, 6.07) is 11.4. The van der Waals surface area contributed by atoms with E-state index in [1.54, 1.807) is 13.3 Å². The van der Waals surface area contributed by atoms with Crippen molar-refractivity contribution in [1.82, 2.24) is 14.5 Å². The summed E-state index contributed by atoms with van der Waals surface area (Å²) in [5.74, 6) is 1.76. The lowest BCUT2D eigenvalue weighted by Gasteiger charge is -2.38. The number of aldehydes is 1. The van der Waals surface area contributed by atoms with Crippen LogP contribution in [0.5, 0.6) is 5.75 Å². The van der Waals surface area contributed by atoms with Gasteiger partial charge < -0.3 is 29.2 Å². The summed E-state index contributed by atoms with van der Waals surface area (Å²) in [6.07, 6.45) is 5.97. The second-order valence-corrected chi connectivity index (χ2v) is 10.1. The van der Waals surface area contributed by atoms with Gasteiger partial charge in [0, 0.05) is 49.9 Å². The molecule has 1 N–H and O–H groups in total. The number of carbonyl (C=O) groups excluding carboxylic acids is 3. The molecular weight excluding hydrogens is 482 g/mol. The van der Waals surface area contributed by atoms with Gasteiger partial charge >= 0.3 is 0 Å². The Balaban J connectivity index is 1.19. The van der Waals surface area contributed by atoms with Crippen LogP contribution in [0.2, 0.25) is 0 Å². The summed E-state index contributed by atoms with van der Waals surface area (Å²) >= 11 is 0. The highest BCUT2D eigenvalue weighted by Gasteiger charge is 2.31. The molecule has 0 bridgehead atoms. The van der Waals surface area contributed by atoms with E-state index < -0.39 is 0 Å². The average molecular weight is 518 g/mol. The standard InChI is InChI=1S/C29H35N5O4/c1-3-34-24-5-4-6-26(38-2)23(24)17-25(34)28(36)31-22-11-12-27(30-18-22)32-13-15-33(16-14-32)29(37)21-9-7-20(19-35)8-10-21/h4-6,11-12,17-21H,3,7-10,13-16H2,1-2H3,(H,31,36). The molecule has 1 aromatic carbocycles. The van der Waals surface area contributed by atoms with Crippen molar-refractivity contribution >= 4 is 40.5 Å². The van der Waals surface area contributed by atoms with Gasteiger partial charge in [0.2, 0.25) is 5.91 Å². The van der Waals surface area contributed by atoms with E-state index in [0.29, 0.717) is 44.1 Å². The number of fused-ring (bicyclic) bond motifs is 1. The molecule has 3 heterocycles. The number of anilines is 2. The Hall–Kier alpha value is -3.88. The van der Waals surface area contributed by atoms with Crippen LogP contribution in [0.15, 0.2) is 42.6 Å². The van der Waals surface area contributed by atoms with E-state index in [1.807, 2.05) is 52.8 Å². The largest absolute Gasteiger partial charge is 0.496 e. The third-order valence-corrected chi connectivity index (χ3v) is 7.91. The molecule has 3 aromatic rings. The van der Waals surface area contributed by atoms with Gasteiger partial charge in [0.25, 0.3) is 5.91 Å². The lowest BCUT2D eigenvalue weighted by Crippen LogP contribution is -2.51. The second-order valence-electron chi connectivity index (χ2n) is 10.1. The minimum Gasteiger partial charge on any atom is -0.496 e. The van der Waals surface area contributed by atoms with Gasteiger partial charge in [-0.3, -0.25) is 9.59 Å². The van der Waals surface area contributed by atoms with Gasteiger partial charge in [-0.05, 0) is 62.9 Å². The Morgan fingerprint density at radius 2 is 1.84 bits per heavy atom. The van der Waals surface area contributed by atoms with Crippen LogP contribution in [-0.4, -0.2) is 65.8 Å². The molecule has 2 fully saturated rings. The number of carbonyl (C=O) groups is 3. The van der Waals surface area contributed by atoms with Crippen LogP contribution in [0.25, 0.3) is 10.9 Å². The number of rotatable bonds is 7. The maximum Gasteiger partial charge on any atom is 0.272 e. The fraction of sp³-hybridized carbons (Fsp3) is 0.448. The third-order valence-electron chi connectivity index (χ3n) is 7.91. The number of methoxy groups -OCH3 is 1. The molecule has 2 amide bonds. The lowest BCUT2D eigenvalue weighted by molar-refractivity contribution is -0.137. The van der Waals surface area contributed by atoms with Crippen LogP contribution >= 0.6 is 0 Å². The van der Waals surface area contributed by atoms with E-state index in [1.165, 1.54) is 0 Å². The van der Waals surface area contributed by atoms with E-state index in [4.69, 9.17) is 4.74 Å². The summed E-state index contributed by atoms with van der Waals surface area (Å²) in [4.78, 5) is 45.8. The molecule has 1 saturated heterocycles. The average Bonchev–Trinajstić information content (AvgIpc) is 3.36. The molecule has 2 aromatic heterocycles. The van der Waals surface area contributed by atoms with Crippen LogP contribution in [0.4, 0.5) is 11.5 Å². The van der Waals surface area contributed by atoms with Gasteiger partial charge in [0.1, 0.15) is 23.5 Å². The van der Waals surface area contributed by atoms with E-state index in [-0.39, 0.29) is 23.7 Å². The number of aryl methyl sites for hydroxylation is 1. The number of pyridine rings is 1. The van der Waals surface area contributed by atoms with Gasteiger partial charge in [-0.15, -0.1) is 0 Å². The lowest BCUT2D eigenvalue weighted by atomic mass is 9.82. The summed E-state index contributed by atoms with van der Waals surface area (Å²) in [6.45, 7) is 5.43. The molecule has 9 heteroatoms. The molecule has 1 saturated carbocycles. The fourth-order valence-corrected chi connectivity index (χ4v) is 5.72. The number of piperazine rings is 1. The number of hydrogen-bond donors (Lipinski definition) is 1. The van der Waals surface area contributed by atoms with E-state index in [2.05, 4.69) is 15.2 Å². The zero-order valence-electron chi connectivity index (χ0n) is 22.1. The maximum atomic E-state index is 13.1. The molecule has 0 unspecified atom stereocenters. The van der Waals surface area contributed by atoms with Crippen molar-refractivity contribution in [3.8, 4) is 5.75 Å². The first-order valence-electron chi connectivity index (χ1n) is 13.4. The second kappa shape index (κ2) is 11.2. The molecule has 2 aliphatic rings. The van der Waals surface area contributed by atoms with Crippen LogP contribution in [0.1, 0.15) is 43.1 Å².